The molecular formula is C18H26N4O3. The van der Waals surface area contributed by atoms with Crippen LogP contribution in [0.15, 0.2) is 24.3 Å². The average molecular weight is 346 g/mol. The highest BCUT2D eigenvalue weighted by atomic mass is 16.2. The maximum absolute atomic E-state index is 12.1. The van der Waals surface area contributed by atoms with E-state index in [0.29, 0.717) is 43.9 Å². The summed E-state index contributed by atoms with van der Waals surface area (Å²) in [5.41, 5.74) is 1.32. The molecule has 0 radical (unpaired) electrons. The van der Waals surface area contributed by atoms with Crippen molar-refractivity contribution >= 4 is 23.4 Å². The van der Waals surface area contributed by atoms with Gasteiger partial charge in [0.25, 0.3) is 0 Å². The van der Waals surface area contributed by atoms with Gasteiger partial charge in [-0.05, 0) is 38.1 Å². The highest BCUT2D eigenvalue weighted by Crippen LogP contribution is 2.11. The molecule has 1 fully saturated rings. The average Bonchev–Trinajstić information content (AvgIpc) is 2.61. The number of rotatable bonds is 6. The van der Waals surface area contributed by atoms with Crippen molar-refractivity contribution in [3.8, 4) is 0 Å². The number of benzene rings is 1. The number of urea groups is 1. The van der Waals surface area contributed by atoms with Crippen molar-refractivity contribution in [3.63, 3.8) is 0 Å². The summed E-state index contributed by atoms with van der Waals surface area (Å²) in [6.45, 7) is 7.63. The Morgan fingerprint density at radius 1 is 1.04 bits per heavy atom. The van der Waals surface area contributed by atoms with Gasteiger partial charge >= 0.3 is 6.03 Å². The molecule has 3 amide bonds. The van der Waals surface area contributed by atoms with Crippen LogP contribution in [0.5, 0.6) is 0 Å². The van der Waals surface area contributed by atoms with Crippen molar-refractivity contribution in [1.29, 1.82) is 0 Å². The zero-order chi connectivity index (χ0) is 18.2. The van der Waals surface area contributed by atoms with Gasteiger partial charge in [0.05, 0.1) is 0 Å². The van der Waals surface area contributed by atoms with Gasteiger partial charge in [-0.3, -0.25) is 14.5 Å². The summed E-state index contributed by atoms with van der Waals surface area (Å²) in [5, 5.41) is 5.64. The Balaban J connectivity index is 1.70. The first-order valence-corrected chi connectivity index (χ1v) is 8.65. The van der Waals surface area contributed by atoms with Gasteiger partial charge in [-0.15, -0.1) is 0 Å². The topological polar surface area (TPSA) is 81.8 Å². The van der Waals surface area contributed by atoms with E-state index in [2.05, 4.69) is 15.5 Å². The lowest BCUT2D eigenvalue weighted by atomic mass is 10.1. The van der Waals surface area contributed by atoms with Crippen LogP contribution in [0.4, 0.5) is 10.5 Å². The first-order valence-electron chi connectivity index (χ1n) is 8.65. The number of Topliss-reactive ketones (excluding diaryl/α,β-unsaturated/α-hetero) is 1. The Morgan fingerprint density at radius 3 is 2.24 bits per heavy atom. The molecule has 1 heterocycles. The monoisotopic (exact) mass is 346 g/mol. The number of carbonyl (C=O) groups excluding carboxylic acids is 3. The molecule has 1 aliphatic rings. The number of hydrogen-bond donors (Lipinski definition) is 2. The maximum Gasteiger partial charge on any atom is 0.317 e. The van der Waals surface area contributed by atoms with Gasteiger partial charge in [-0.2, -0.15) is 0 Å². The standard InChI is InChI=1S/C18H26N4O3/c1-3-19-18(25)22-12-10-21(11-13-22)9-8-17(24)20-16-6-4-15(5-7-16)14(2)23/h4-7H,3,8-13H2,1-2H3,(H,19,25)(H,20,24). The van der Waals surface area contributed by atoms with Crippen LogP contribution in [-0.4, -0.2) is 66.8 Å². The van der Waals surface area contributed by atoms with E-state index in [1.807, 2.05) is 6.92 Å². The first-order chi connectivity index (χ1) is 12.0. The van der Waals surface area contributed by atoms with Crippen LogP contribution >= 0.6 is 0 Å². The number of ketones is 1. The van der Waals surface area contributed by atoms with Crippen LogP contribution in [0.3, 0.4) is 0 Å². The minimum atomic E-state index is -0.0540. The van der Waals surface area contributed by atoms with Crippen molar-refractivity contribution in [2.75, 3.05) is 44.6 Å². The predicted molar refractivity (Wildman–Crippen MR) is 96.8 cm³/mol. The Hall–Kier alpha value is -2.41. The number of nitrogens with zero attached hydrogens (tertiary/aromatic N) is 2. The second-order valence-corrected chi connectivity index (χ2v) is 6.10. The minimum Gasteiger partial charge on any atom is -0.338 e. The van der Waals surface area contributed by atoms with Gasteiger partial charge < -0.3 is 15.5 Å². The van der Waals surface area contributed by atoms with Crippen molar-refractivity contribution in [1.82, 2.24) is 15.1 Å². The summed E-state index contributed by atoms with van der Waals surface area (Å²) < 4.78 is 0. The summed E-state index contributed by atoms with van der Waals surface area (Å²) in [5.74, 6) is -0.0497. The van der Waals surface area contributed by atoms with Gasteiger partial charge in [0.1, 0.15) is 0 Å². The molecular weight excluding hydrogens is 320 g/mol. The molecule has 0 saturated carbocycles. The lowest BCUT2D eigenvalue weighted by Gasteiger charge is -2.34. The predicted octanol–water partition coefficient (Wildman–Crippen LogP) is 1.56. The second kappa shape index (κ2) is 9.17. The molecule has 0 unspecified atom stereocenters. The highest BCUT2D eigenvalue weighted by Gasteiger charge is 2.20. The number of carbonyl (C=O) groups is 3. The molecule has 0 aromatic heterocycles. The smallest absolute Gasteiger partial charge is 0.317 e. The van der Waals surface area contributed by atoms with Gasteiger partial charge in [0, 0.05) is 56.9 Å². The molecule has 1 aromatic carbocycles. The molecule has 7 heteroatoms. The molecule has 1 aliphatic heterocycles. The number of piperazine rings is 1. The van der Waals surface area contributed by atoms with Crippen molar-refractivity contribution in [2.24, 2.45) is 0 Å². The number of nitrogens with one attached hydrogen (secondary N) is 2. The summed E-state index contributed by atoms with van der Waals surface area (Å²) >= 11 is 0. The number of hydrogen-bond acceptors (Lipinski definition) is 4. The van der Waals surface area contributed by atoms with Crippen molar-refractivity contribution in [2.45, 2.75) is 20.3 Å². The summed E-state index contributed by atoms with van der Waals surface area (Å²) in [4.78, 5) is 39.0. The third-order valence-electron chi connectivity index (χ3n) is 4.22. The van der Waals surface area contributed by atoms with Gasteiger partial charge in [0.2, 0.25) is 5.91 Å². The highest BCUT2D eigenvalue weighted by molar-refractivity contribution is 5.95. The molecule has 136 valence electrons. The summed E-state index contributed by atoms with van der Waals surface area (Å²) in [6.07, 6.45) is 0.398. The Labute approximate surface area is 148 Å². The summed E-state index contributed by atoms with van der Waals surface area (Å²) in [7, 11) is 0. The van der Waals surface area contributed by atoms with Crippen LogP contribution < -0.4 is 10.6 Å². The number of amides is 3. The van der Waals surface area contributed by atoms with Crippen LogP contribution in [0, 0.1) is 0 Å². The van der Waals surface area contributed by atoms with E-state index in [1.165, 1.54) is 6.92 Å². The first kappa shape index (κ1) is 18.9. The fraction of sp³-hybridized carbons (Fsp3) is 0.500. The zero-order valence-electron chi connectivity index (χ0n) is 14.9. The molecule has 1 saturated heterocycles. The maximum atomic E-state index is 12.1. The van der Waals surface area contributed by atoms with E-state index in [0.717, 1.165) is 13.1 Å². The van der Waals surface area contributed by atoms with Gasteiger partial charge in [-0.25, -0.2) is 4.79 Å². The third-order valence-corrected chi connectivity index (χ3v) is 4.22. The van der Waals surface area contributed by atoms with Gasteiger partial charge in [-0.1, -0.05) is 0 Å². The zero-order valence-corrected chi connectivity index (χ0v) is 14.9. The Morgan fingerprint density at radius 2 is 1.68 bits per heavy atom. The van der Waals surface area contributed by atoms with E-state index in [4.69, 9.17) is 0 Å². The molecule has 0 spiro atoms. The SMILES string of the molecule is CCNC(=O)N1CCN(CCC(=O)Nc2ccc(C(C)=O)cc2)CC1. The summed E-state index contributed by atoms with van der Waals surface area (Å²) in [6, 6.07) is 6.87. The Bertz CT molecular complexity index is 607. The van der Waals surface area contributed by atoms with Crippen molar-refractivity contribution < 1.29 is 14.4 Å². The van der Waals surface area contributed by atoms with Crippen molar-refractivity contribution in [3.05, 3.63) is 29.8 Å². The van der Waals surface area contributed by atoms with Crippen LogP contribution in [0.2, 0.25) is 0 Å². The van der Waals surface area contributed by atoms with Crippen LogP contribution in [0.25, 0.3) is 0 Å². The largest absolute Gasteiger partial charge is 0.338 e. The third kappa shape index (κ3) is 5.86. The van der Waals surface area contributed by atoms with E-state index in [9.17, 15) is 14.4 Å². The molecule has 25 heavy (non-hydrogen) atoms. The molecule has 7 nitrogen and oxygen atoms in total. The lowest BCUT2D eigenvalue weighted by Crippen LogP contribution is -2.52. The molecule has 0 aliphatic carbocycles. The molecule has 0 atom stereocenters. The van der Waals surface area contributed by atoms with Gasteiger partial charge in [0.15, 0.2) is 5.78 Å². The molecule has 2 N–H and O–H groups in total. The fourth-order valence-electron chi connectivity index (χ4n) is 2.71. The van der Waals surface area contributed by atoms with E-state index >= 15 is 0 Å². The number of anilines is 1. The van der Waals surface area contributed by atoms with Crippen LogP contribution in [-0.2, 0) is 4.79 Å². The Kier molecular flexibility index (Phi) is 6.94. The lowest BCUT2D eigenvalue weighted by molar-refractivity contribution is -0.116. The quantitative estimate of drug-likeness (QED) is 0.766. The normalized spacial score (nSPS) is 14.9. The molecule has 2 rings (SSSR count). The van der Waals surface area contributed by atoms with E-state index in [1.54, 1.807) is 29.2 Å². The minimum absolute atomic E-state index is 0.00429. The fourth-order valence-corrected chi connectivity index (χ4v) is 2.71. The van der Waals surface area contributed by atoms with Crippen LogP contribution in [0.1, 0.15) is 30.6 Å². The molecule has 0 bridgehead atoms. The van der Waals surface area contributed by atoms with E-state index in [-0.39, 0.29) is 17.7 Å². The molecule has 1 aromatic rings. The second-order valence-electron chi connectivity index (χ2n) is 6.10. The van der Waals surface area contributed by atoms with E-state index < -0.39 is 0 Å².